The number of piperidine rings is 1. The fourth-order valence-corrected chi connectivity index (χ4v) is 3.99. The number of rotatable bonds is 3. The van der Waals surface area contributed by atoms with Gasteiger partial charge in [-0.25, -0.2) is 0 Å². The van der Waals surface area contributed by atoms with Crippen molar-refractivity contribution in [3.05, 3.63) is 60.2 Å². The van der Waals surface area contributed by atoms with Gasteiger partial charge in [0.15, 0.2) is 0 Å². The van der Waals surface area contributed by atoms with Crippen LogP contribution in [-0.2, 0) is 6.42 Å². The van der Waals surface area contributed by atoms with Crippen molar-refractivity contribution in [3.63, 3.8) is 0 Å². The third-order valence-electron chi connectivity index (χ3n) is 5.09. The number of para-hydroxylation sites is 1. The molecule has 0 radical (unpaired) electrons. The van der Waals surface area contributed by atoms with E-state index in [1.54, 1.807) is 0 Å². The Kier molecular flexibility index (Phi) is 3.92. The molecule has 1 aliphatic heterocycles. The van der Waals surface area contributed by atoms with Gasteiger partial charge >= 0.3 is 0 Å². The summed E-state index contributed by atoms with van der Waals surface area (Å²) in [6, 6.07) is 19.5. The van der Waals surface area contributed by atoms with E-state index in [0.29, 0.717) is 0 Å². The molecule has 2 aromatic carbocycles. The molecule has 1 aromatic heterocycles. The molecule has 1 aliphatic rings. The topological polar surface area (TPSA) is 19.0 Å². The van der Waals surface area contributed by atoms with Gasteiger partial charge in [-0.1, -0.05) is 48.5 Å². The first-order valence-corrected chi connectivity index (χ1v) is 8.65. The summed E-state index contributed by atoms with van der Waals surface area (Å²) >= 11 is 0. The second-order valence-electron chi connectivity index (χ2n) is 6.86. The third-order valence-corrected chi connectivity index (χ3v) is 5.09. The van der Waals surface area contributed by atoms with Crippen molar-refractivity contribution in [2.24, 2.45) is 5.92 Å². The molecule has 1 fully saturated rings. The first-order chi connectivity index (χ1) is 11.3. The lowest BCUT2D eigenvalue weighted by Gasteiger charge is -2.29. The minimum absolute atomic E-state index is 0.760. The van der Waals surface area contributed by atoms with Gasteiger partial charge in [0.2, 0.25) is 0 Å². The summed E-state index contributed by atoms with van der Waals surface area (Å²) in [5.74, 6) is 0.760. The Balaban J connectivity index is 1.77. The Bertz CT molecular complexity index is 788. The predicted molar refractivity (Wildman–Crippen MR) is 97.7 cm³/mol. The Hall–Kier alpha value is -2.06. The van der Waals surface area contributed by atoms with Crippen LogP contribution in [0.25, 0.3) is 22.2 Å². The molecule has 2 nitrogen and oxygen atoms in total. The first kappa shape index (κ1) is 14.5. The van der Waals surface area contributed by atoms with Gasteiger partial charge in [-0.2, -0.15) is 0 Å². The number of nitrogens with one attached hydrogen (secondary N) is 1. The van der Waals surface area contributed by atoms with E-state index in [-0.39, 0.29) is 0 Å². The van der Waals surface area contributed by atoms with Crippen LogP contribution >= 0.6 is 0 Å². The van der Waals surface area contributed by atoms with Crippen LogP contribution in [-0.4, -0.2) is 30.0 Å². The zero-order valence-corrected chi connectivity index (χ0v) is 13.8. The van der Waals surface area contributed by atoms with E-state index in [4.69, 9.17) is 0 Å². The average Bonchev–Trinajstić information content (AvgIpc) is 2.95. The van der Waals surface area contributed by atoms with Gasteiger partial charge in [-0.3, -0.25) is 0 Å². The quantitative estimate of drug-likeness (QED) is 0.742. The van der Waals surface area contributed by atoms with Crippen molar-refractivity contribution < 1.29 is 0 Å². The van der Waals surface area contributed by atoms with E-state index in [2.05, 4.69) is 71.5 Å². The highest BCUT2D eigenvalue weighted by Crippen LogP contribution is 2.33. The normalized spacial score (nSPS) is 19.3. The molecule has 1 atom stereocenters. The van der Waals surface area contributed by atoms with Gasteiger partial charge in [-0.05, 0) is 56.0 Å². The maximum Gasteiger partial charge on any atom is 0.0497 e. The third kappa shape index (κ3) is 2.91. The molecule has 0 amide bonds. The summed E-state index contributed by atoms with van der Waals surface area (Å²) in [5.41, 5.74) is 5.35. The zero-order chi connectivity index (χ0) is 15.6. The molecule has 1 saturated heterocycles. The fourth-order valence-electron chi connectivity index (χ4n) is 3.99. The Morgan fingerprint density at radius 1 is 1.04 bits per heavy atom. The number of likely N-dealkylation sites (tertiary alicyclic amines) is 1. The van der Waals surface area contributed by atoms with Crippen molar-refractivity contribution in [2.45, 2.75) is 19.3 Å². The Morgan fingerprint density at radius 3 is 2.65 bits per heavy atom. The molecular formula is C21H24N2. The maximum atomic E-state index is 3.67. The predicted octanol–water partition coefficient (Wildman–Crippen LogP) is 4.72. The van der Waals surface area contributed by atoms with Crippen LogP contribution in [0.4, 0.5) is 0 Å². The SMILES string of the molecule is CN1CCCC(Cc2c(-c3ccccc3)[nH]c3ccccc23)C1. The van der Waals surface area contributed by atoms with Crippen LogP contribution in [0.15, 0.2) is 54.6 Å². The molecule has 0 aliphatic carbocycles. The molecule has 2 heteroatoms. The maximum absolute atomic E-state index is 3.67. The highest BCUT2D eigenvalue weighted by atomic mass is 15.1. The number of hydrogen-bond donors (Lipinski definition) is 1. The van der Waals surface area contributed by atoms with E-state index in [9.17, 15) is 0 Å². The van der Waals surface area contributed by atoms with Crippen LogP contribution in [0, 0.1) is 5.92 Å². The molecular weight excluding hydrogens is 280 g/mol. The highest BCUT2D eigenvalue weighted by Gasteiger charge is 2.21. The number of aromatic nitrogens is 1. The number of nitrogens with zero attached hydrogens (tertiary/aromatic N) is 1. The molecule has 3 aromatic rings. The van der Waals surface area contributed by atoms with Gasteiger partial charge in [-0.15, -0.1) is 0 Å². The molecule has 0 spiro atoms. The van der Waals surface area contributed by atoms with Crippen LogP contribution in [0.1, 0.15) is 18.4 Å². The zero-order valence-electron chi connectivity index (χ0n) is 13.8. The van der Waals surface area contributed by atoms with Gasteiger partial charge in [0.25, 0.3) is 0 Å². The average molecular weight is 304 g/mol. The minimum atomic E-state index is 0.760. The van der Waals surface area contributed by atoms with Crippen LogP contribution in [0.2, 0.25) is 0 Å². The molecule has 0 bridgehead atoms. The van der Waals surface area contributed by atoms with E-state index < -0.39 is 0 Å². The summed E-state index contributed by atoms with van der Waals surface area (Å²) < 4.78 is 0. The van der Waals surface area contributed by atoms with Crippen molar-refractivity contribution in [1.29, 1.82) is 0 Å². The van der Waals surface area contributed by atoms with Gasteiger partial charge in [0.1, 0.15) is 0 Å². The fraction of sp³-hybridized carbons (Fsp3) is 0.333. The van der Waals surface area contributed by atoms with Crippen LogP contribution in [0.5, 0.6) is 0 Å². The molecule has 1 N–H and O–H groups in total. The van der Waals surface area contributed by atoms with Gasteiger partial charge < -0.3 is 9.88 Å². The van der Waals surface area contributed by atoms with E-state index in [0.717, 1.165) is 5.92 Å². The van der Waals surface area contributed by atoms with Gasteiger partial charge in [0, 0.05) is 23.1 Å². The number of aromatic amines is 1. The standard InChI is InChI=1S/C21H24N2/c1-23-13-7-8-16(15-23)14-19-18-11-5-6-12-20(18)22-21(19)17-9-3-2-4-10-17/h2-6,9-12,16,22H,7-8,13-15H2,1H3. The first-order valence-electron chi connectivity index (χ1n) is 8.65. The molecule has 0 saturated carbocycles. The summed E-state index contributed by atoms with van der Waals surface area (Å²) in [6.07, 6.45) is 3.83. The van der Waals surface area contributed by atoms with E-state index in [1.165, 1.54) is 60.1 Å². The smallest absolute Gasteiger partial charge is 0.0497 e. The largest absolute Gasteiger partial charge is 0.354 e. The number of H-pyrrole nitrogens is 1. The van der Waals surface area contributed by atoms with Crippen LogP contribution < -0.4 is 0 Å². The highest BCUT2D eigenvalue weighted by molar-refractivity contribution is 5.90. The second kappa shape index (κ2) is 6.21. The Labute approximate surface area is 138 Å². The lowest BCUT2D eigenvalue weighted by Crippen LogP contribution is -2.33. The van der Waals surface area contributed by atoms with Gasteiger partial charge in [0.05, 0.1) is 0 Å². The van der Waals surface area contributed by atoms with Crippen molar-refractivity contribution in [3.8, 4) is 11.3 Å². The molecule has 118 valence electrons. The summed E-state index contributed by atoms with van der Waals surface area (Å²) in [7, 11) is 2.25. The number of hydrogen-bond acceptors (Lipinski definition) is 1. The minimum Gasteiger partial charge on any atom is -0.354 e. The number of benzene rings is 2. The van der Waals surface area contributed by atoms with E-state index >= 15 is 0 Å². The summed E-state index contributed by atoms with van der Waals surface area (Å²) in [5, 5.41) is 1.39. The Morgan fingerprint density at radius 2 is 1.83 bits per heavy atom. The van der Waals surface area contributed by atoms with Crippen molar-refractivity contribution in [2.75, 3.05) is 20.1 Å². The van der Waals surface area contributed by atoms with Crippen LogP contribution in [0.3, 0.4) is 0 Å². The molecule has 2 heterocycles. The van der Waals surface area contributed by atoms with Crippen molar-refractivity contribution >= 4 is 10.9 Å². The molecule has 4 rings (SSSR count). The van der Waals surface area contributed by atoms with Crippen molar-refractivity contribution in [1.82, 2.24) is 9.88 Å². The molecule has 1 unspecified atom stereocenters. The number of fused-ring (bicyclic) bond motifs is 1. The molecule has 23 heavy (non-hydrogen) atoms. The lowest BCUT2D eigenvalue weighted by atomic mass is 9.89. The lowest BCUT2D eigenvalue weighted by molar-refractivity contribution is 0.209. The second-order valence-corrected chi connectivity index (χ2v) is 6.86. The van der Waals surface area contributed by atoms with E-state index in [1.807, 2.05) is 0 Å². The summed E-state index contributed by atoms with van der Waals surface area (Å²) in [6.45, 7) is 2.46. The monoisotopic (exact) mass is 304 g/mol. The summed E-state index contributed by atoms with van der Waals surface area (Å²) in [4.78, 5) is 6.15.